The molecule has 0 radical (unpaired) electrons. The first kappa shape index (κ1) is 20.4. The minimum Gasteiger partial charge on any atom is -0.285 e. The van der Waals surface area contributed by atoms with E-state index in [-0.39, 0.29) is 47.3 Å². The Hall–Kier alpha value is -2.54. The monoisotopic (exact) mass is 438 g/mol. The van der Waals surface area contributed by atoms with Crippen molar-refractivity contribution in [3.63, 3.8) is 0 Å². The first-order chi connectivity index (χ1) is 14.7. The molecular weight excluding hydrogens is 412 g/mol. The fourth-order valence-corrected chi connectivity index (χ4v) is 7.07. The zero-order valence-corrected chi connectivity index (χ0v) is 19.0. The fourth-order valence-electron chi connectivity index (χ4n) is 5.80. The van der Waals surface area contributed by atoms with Gasteiger partial charge < -0.3 is 0 Å². The summed E-state index contributed by atoms with van der Waals surface area (Å²) in [6, 6.07) is 4.20. The molecule has 2 unspecified atom stereocenters. The summed E-state index contributed by atoms with van der Waals surface area (Å²) in [5.74, 6) is -1.19. The van der Waals surface area contributed by atoms with Crippen molar-refractivity contribution in [1.29, 1.82) is 0 Å². The number of amides is 4. The molecule has 0 bridgehead atoms. The smallest absolute Gasteiger partial charge is 0.233 e. The molecule has 6 nitrogen and oxygen atoms in total. The van der Waals surface area contributed by atoms with Crippen LogP contribution in [0.3, 0.4) is 0 Å². The van der Waals surface area contributed by atoms with Gasteiger partial charge in [0, 0.05) is 23.8 Å². The van der Waals surface area contributed by atoms with Gasteiger partial charge in [-0.15, -0.1) is 11.3 Å². The third-order valence-electron chi connectivity index (χ3n) is 7.69. The van der Waals surface area contributed by atoms with Crippen LogP contribution in [0.15, 0.2) is 23.3 Å². The number of thiophene rings is 1. The Morgan fingerprint density at radius 3 is 1.32 bits per heavy atom. The number of carbonyl (C=O) groups excluding carboxylic acids is 4. The Kier molecular flexibility index (Phi) is 4.59. The van der Waals surface area contributed by atoms with E-state index < -0.39 is 0 Å². The molecule has 4 amide bonds. The van der Waals surface area contributed by atoms with Crippen LogP contribution in [0, 0.1) is 23.7 Å². The van der Waals surface area contributed by atoms with Crippen LogP contribution >= 0.6 is 11.3 Å². The van der Waals surface area contributed by atoms with Crippen LogP contribution in [0.2, 0.25) is 0 Å². The lowest BCUT2D eigenvalue weighted by Gasteiger charge is -2.26. The lowest BCUT2D eigenvalue weighted by Crippen LogP contribution is -2.26. The molecule has 5 rings (SSSR count). The third kappa shape index (κ3) is 2.89. The van der Waals surface area contributed by atoms with E-state index in [0.717, 1.165) is 9.75 Å². The van der Waals surface area contributed by atoms with E-state index in [4.69, 9.17) is 0 Å². The Balaban J connectivity index is 1.43. The Morgan fingerprint density at radius 2 is 0.968 bits per heavy atom. The zero-order valence-electron chi connectivity index (χ0n) is 18.2. The second-order valence-electron chi connectivity index (χ2n) is 9.40. The highest BCUT2D eigenvalue weighted by atomic mass is 32.1. The SMILES string of the molecule is CC1=C(c2ccc(C3=C(C)C[C@H]4C(=O)N(C)C(=O)[C@H]4C3)s2)CC2C(=O)N(C)C(=O)C2C1. The maximum Gasteiger partial charge on any atom is 0.233 e. The van der Waals surface area contributed by atoms with Crippen LogP contribution < -0.4 is 0 Å². The molecule has 2 aliphatic carbocycles. The quantitative estimate of drug-likeness (QED) is 0.664. The van der Waals surface area contributed by atoms with Crippen LogP contribution in [0.5, 0.6) is 0 Å². The first-order valence-corrected chi connectivity index (χ1v) is 11.6. The number of nitrogens with zero attached hydrogens (tertiary/aromatic N) is 2. The molecular formula is C24H26N2O4S. The van der Waals surface area contributed by atoms with Gasteiger partial charge in [0.05, 0.1) is 23.7 Å². The second kappa shape index (κ2) is 6.99. The van der Waals surface area contributed by atoms with Crippen LogP contribution in [-0.4, -0.2) is 47.5 Å². The number of hydrogen-bond donors (Lipinski definition) is 0. The lowest BCUT2D eigenvalue weighted by molar-refractivity contribution is -0.139. The van der Waals surface area contributed by atoms with E-state index in [1.807, 2.05) is 0 Å². The van der Waals surface area contributed by atoms with Crippen molar-refractivity contribution in [2.75, 3.05) is 14.1 Å². The van der Waals surface area contributed by atoms with Gasteiger partial charge in [-0.3, -0.25) is 29.0 Å². The topological polar surface area (TPSA) is 74.8 Å². The summed E-state index contributed by atoms with van der Waals surface area (Å²) in [7, 11) is 3.17. The molecule has 4 atom stereocenters. The van der Waals surface area contributed by atoms with Gasteiger partial charge in [0.25, 0.3) is 0 Å². The summed E-state index contributed by atoms with van der Waals surface area (Å²) < 4.78 is 0. The summed E-state index contributed by atoms with van der Waals surface area (Å²) in [6.07, 6.45) is 2.48. The van der Waals surface area contributed by atoms with Crippen LogP contribution in [0.1, 0.15) is 49.3 Å². The van der Waals surface area contributed by atoms with Gasteiger partial charge in [-0.05, 0) is 62.8 Å². The summed E-state index contributed by atoms with van der Waals surface area (Å²) in [5.41, 5.74) is 4.71. The molecule has 0 spiro atoms. The van der Waals surface area contributed by atoms with Crippen LogP contribution in [0.25, 0.3) is 11.1 Å². The van der Waals surface area contributed by atoms with E-state index in [0.29, 0.717) is 25.7 Å². The van der Waals surface area contributed by atoms with Gasteiger partial charge >= 0.3 is 0 Å². The van der Waals surface area contributed by atoms with Crippen molar-refractivity contribution in [2.24, 2.45) is 23.7 Å². The molecule has 31 heavy (non-hydrogen) atoms. The highest BCUT2D eigenvalue weighted by Crippen LogP contribution is 2.48. The van der Waals surface area contributed by atoms with E-state index in [9.17, 15) is 19.2 Å². The molecule has 1 aromatic heterocycles. The van der Waals surface area contributed by atoms with Crippen molar-refractivity contribution in [1.82, 2.24) is 9.80 Å². The van der Waals surface area contributed by atoms with Crippen molar-refractivity contribution in [2.45, 2.75) is 39.5 Å². The highest BCUT2D eigenvalue weighted by molar-refractivity contribution is 7.14. The van der Waals surface area contributed by atoms with Crippen LogP contribution in [0.4, 0.5) is 0 Å². The summed E-state index contributed by atoms with van der Waals surface area (Å²) in [5, 5.41) is 0. The summed E-state index contributed by atoms with van der Waals surface area (Å²) in [6.45, 7) is 4.13. The van der Waals surface area contributed by atoms with E-state index in [2.05, 4.69) is 26.0 Å². The van der Waals surface area contributed by atoms with Crippen molar-refractivity contribution < 1.29 is 19.2 Å². The van der Waals surface area contributed by atoms with Crippen molar-refractivity contribution in [3.8, 4) is 0 Å². The number of rotatable bonds is 2. The Bertz CT molecular complexity index is 1030. The summed E-state index contributed by atoms with van der Waals surface area (Å²) in [4.78, 5) is 54.7. The normalized spacial score (nSPS) is 31.2. The first-order valence-electron chi connectivity index (χ1n) is 10.8. The average molecular weight is 439 g/mol. The molecule has 2 fully saturated rings. The Labute approximate surface area is 185 Å². The minimum atomic E-state index is -0.254. The third-order valence-corrected chi connectivity index (χ3v) is 8.90. The predicted molar refractivity (Wildman–Crippen MR) is 117 cm³/mol. The highest BCUT2D eigenvalue weighted by Gasteiger charge is 2.49. The van der Waals surface area contributed by atoms with Gasteiger partial charge in [0.2, 0.25) is 23.6 Å². The fraction of sp³-hybridized carbons (Fsp3) is 0.500. The maximum absolute atomic E-state index is 12.5. The number of fused-ring (bicyclic) bond motifs is 2. The molecule has 0 saturated carbocycles. The lowest BCUT2D eigenvalue weighted by atomic mass is 9.77. The molecule has 162 valence electrons. The standard InChI is InChI=1S/C24H26N2O4S/c1-11-7-15-17(23(29)25(3)21(15)27)9-13(11)19-5-6-20(31-19)14-10-18-16(8-12(14)2)22(28)26(4)24(18)30/h5-6,15-18H,7-10H2,1-4H3/t15-,16?,17+,18?/m1/s1. The second-order valence-corrected chi connectivity index (χ2v) is 10.5. The zero-order chi connectivity index (χ0) is 22.2. The molecule has 0 N–H and O–H groups in total. The molecule has 7 heteroatoms. The molecule has 4 aliphatic rings. The van der Waals surface area contributed by atoms with Gasteiger partial charge in [0.1, 0.15) is 0 Å². The molecule has 2 saturated heterocycles. The van der Waals surface area contributed by atoms with Crippen molar-refractivity contribution >= 4 is 46.1 Å². The van der Waals surface area contributed by atoms with Crippen LogP contribution in [-0.2, 0) is 19.2 Å². The number of hydrogen-bond acceptors (Lipinski definition) is 5. The predicted octanol–water partition coefficient (Wildman–Crippen LogP) is 3.34. The van der Waals surface area contributed by atoms with E-state index in [1.165, 1.54) is 32.1 Å². The maximum atomic E-state index is 12.5. The van der Waals surface area contributed by atoms with Gasteiger partial charge in [-0.2, -0.15) is 0 Å². The average Bonchev–Trinajstić information content (AvgIpc) is 3.37. The number of likely N-dealkylation sites (tertiary alicyclic amines) is 2. The van der Waals surface area contributed by atoms with Gasteiger partial charge in [0.15, 0.2) is 0 Å². The van der Waals surface area contributed by atoms with E-state index >= 15 is 0 Å². The molecule has 1 aromatic rings. The number of carbonyl (C=O) groups is 4. The number of imide groups is 2. The van der Waals surface area contributed by atoms with Gasteiger partial charge in [-0.25, -0.2) is 0 Å². The minimum absolute atomic E-state index is 0.0569. The molecule has 3 heterocycles. The van der Waals surface area contributed by atoms with Gasteiger partial charge in [-0.1, -0.05) is 11.1 Å². The van der Waals surface area contributed by atoms with E-state index in [1.54, 1.807) is 25.4 Å². The largest absolute Gasteiger partial charge is 0.285 e. The van der Waals surface area contributed by atoms with Crippen molar-refractivity contribution in [3.05, 3.63) is 33.0 Å². The number of allylic oxidation sites excluding steroid dienone is 4. The molecule has 0 aromatic carbocycles. The summed E-state index contributed by atoms with van der Waals surface area (Å²) >= 11 is 1.69. The Morgan fingerprint density at radius 1 is 0.645 bits per heavy atom. The molecule has 2 aliphatic heterocycles.